The zero-order chi connectivity index (χ0) is 26.6. The van der Waals surface area contributed by atoms with Crippen LogP contribution in [0, 0.1) is 13.8 Å². The zero-order valence-corrected chi connectivity index (χ0v) is 22.9. The van der Waals surface area contributed by atoms with Crippen molar-refractivity contribution in [1.82, 2.24) is 25.3 Å². The van der Waals surface area contributed by atoms with Gasteiger partial charge in [0.05, 0.1) is 29.0 Å². The number of piperidine rings is 1. The molecule has 0 saturated carbocycles. The summed E-state index contributed by atoms with van der Waals surface area (Å²) in [6.07, 6.45) is 5.77. The Bertz CT molecular complexity index is 1600. The molecule has 1 aliphatic rings. The largest absolute Gasteiger partial charge is 0.437 e. The lowest BCUT2D eigenvalue weighted by Gasteiger charge is -2.23. The van der Waals surface area contributed by atoms with Crippen LogP contribution < -0.4 is 20.7 Å². The maximum absolute atomic E-state index is 6.58. The van der Waals surface area contributed by atoms with Gasteiger partial charge in [0.15, 0.2) is 0 Å². The van der Waals surface area contributed by atoms with Gasteiger partial charge in [0.1, 0.15) is 5.75 Å². The molecule has 1 atom stereocenters. The molecule has 0 spiro atoms. The Labute approximate surface area is 231 Å². The van der Waals surface area contributed by atoms with Crippen LogP contribution >= 0.6 is 11.3 Å². The second-order valence-corrected chi connectivity index (χ2v) is 10.8. The molecule has 1 unspecified atom stereocenters. The number of nitrogens with one attached hydrogen (secondary N) is 3. The first-order valence-electron chi connectivity index (χ1n) is 13.2. The fraction of sp³-hybridized carbons (Fsp3) is 0.267. The van der Waals surface area contributed by atoms with Crippen LogP contribution in [0.1, 0.15) is 29.0 Å². The van der Waals surface area contributed by atoms with Crippen LogP contribution in [0.2, 0.25) is 0 Å². The van der Waals surface area contributed by atoms with Gasteiger partial charge in [-0.3, -0.25) is 0 Å². The van der Waals surface area contributed by atoms with E-state index in [1.54, 1.807) is 23.7 Å². The molecule has 6 rings (SSSR count). The highest BCUT2D eigenvalue weighted by atomic mass is 32.1. The SMILES string of the molecule is Cc1ccc2c(NCc3ncsc3C)cccc2c1Oc1ncccc1-c1ccnc(NC2CCCNC2)n1. The van der Waals surface area contributed by atoms with Gasteiger partial charge in [-0.05, 0) is 63.1 Å². The lowest BCUT2D eigenvalue weighted by molar-refractivity contribution is 0.466. The third kappa shape index (κ3) is 5.55. The Morgan fingerprint density at radius 3 is 2.79 bits per heavy atom. The van der Waals surface area contributed by atoms with Crippen LogP contribution in [-0.2, 0) is 6.54 Å². The van der Waals surface area contributed by atoms with E-state index in [1.807, 2.05) is 29.8 Å². The number of fused-ring (bicyclic) bond motifs is 1. The molecular weight excluding hydrogens is 506 g/mol. The molecule has 0 amide bonds. The average Bonchev–Trinajstić information content (AvgIpc) is 3.38. The molecule has 3 aromatic heterocycles. The van der Waals surface area contributed by atoms with Gasteiger partial charge < -0.3 is 20.7 Å². The normalized spacial score (nSPS) is 15.3. The minimum absolute atomic E-state index is 0.319. The summed E-state index contributed by atoms with van der Waals surface area (Å²) in [6.45, 7) is 6.80. The van der Waals surface area contributed by atoms with Crippen molar-refractivity contribution in [3.8, 4) is 22.9 Å². The first kappa shape index (κ1) is 25.2. The molecule has 0 bridgehead atoms. The molecule has 1 fully saturated rings. The smallest absolute Gasteiger partial charge is 0.228 e. The lowest BCUT2D eigenvalue weighted by Crippen LogP contribution is -2.38. The first-order chi connectivity index (χ1) is 19.2. The molecule has 9 heteroatoms. The third-order valence-electron chi connectivity index (χ3n) is 7.03. The predicted molar refractivity (Wildman–Crippen MR) is 158 cm³/mol. The summed E-state index contributed by atoms with van der Waals surface area (Å²) in [4.78, 5) is 19.6. The molecule has 1 aliphatic heterocycles. The predicted octanol–water partition coefficient (Wildman–Crippen LogP) is 6.33. The molecular formula is C30H31N7OS. The Morgan fingerprint density at radius 2 is 1.95 bits per heavy atom. The number of hydrogen-bond donors (Lipinski definition) is 3. The van der Waals surface area contributed by atoms with Crippen LogP contribution in [0.3, 0.4) is 0 Å². The molecule has 198 valence electrons. The van der Waals surface area contributed by atoms with Crippen molar-refractivity contribution in [2.24, 2.45) is 0 Å². The average molecular weight is 538 g/mol. The molecule has 8 nitrogen and oxygen atoms in total. The highest BCUT2D eigenvalue weighted by Gasteiger charge is 2.17. The highest BCUT2D eigenvalue weighted by Crippen LogP contribution is 2.38. The van der Waals surface area contributed by atoms with E-state index in [2.05, 4.69) is 69.0 Å². The van der Waals surface area contributed by atoms with Crippen LogP contribution in [0.4, 0.5) is 11.6 Å². The lowest BCUT2D eigenvalue weighted by atomic mass is 10.0. The van der Waals surface area contributed by atoms with Crippen molar-refractivity contribution in [3.63, 3.8) is 0 Å². The number of rotatable bonds is 8. The summed E-state index contributed by atoms with van der Waals surface area (Å²) in [5, 5.41) is 12.6. The number of thiazole rings is 1. The topological polar surface area (TPSA) is 96.9 Å². The Balaban J connectivity index is 1.30. The van der Waals surface area contributed by atoms with Gasteiger partial charge in [-0.15, -0.1) is 11.3 Å². The fourth-order valence-electron chi connectivity index (χ4n) is 4.91. The summed E-state index contributed by atoms with van der Waals surface area (Å²) in [6, 6.07) is 16.6. The fourth-order valence-corrected chi connectivity index (χ4v) is 5.50. The first-order valence-corrected chi connectivity index (χ1v) is 14.1. The molecule has 39 heavy (non-hydrogen) atoms. The highest BCUT2D eigenvalue weighted by molar-refractivity contribution is 7.09. The van der Waals surface area contributed by atoms with E-state index in [-0.39, 0.29) is 0 Å². The van der Waals surface area contributed by atoms with E-state index in [1.165, 1.54) is 4.88 Å². The Kier molecular flexibility index (Phi) is 7.33. The summed E-state index contributed by atoms with van der Waals surface area (Å²) in [7, 11) is 0. The number of benzene rings is 2. The second kappa shape index (κ2) is 11.3. The van der Waals surface area contributed by atoms with E-state index in [0.29, 0.717) is 24.4 Å². The molecule has 3 N–H and O–H groups in total. The molecule has 4 heterocycles. The van der Waals surface area contributed by atoms with E-state index in [0.717, 1.165) is 70.7 Å². The molecule has 0 radical (unpaired) electrons. The number of anilines is 2. The molecule has 5 aromatic rings. The Morgan fingerprint density at radius 1 is 1.00 bits per heavy atom. The second-order valence-electron chi connectivity index (χ2n) is 9.73. The number of nitrogens with zero attached hydrogens (tertiary/aromatic N) is 4. The van der Waals surface area contributed by atoms with Gasteiger partial charge >= 0.3 is 0 Å². The van der Waals surface area contributed by atoms with Crippen molar-refractivity contribution in [2.45, 2.75) is 39.3 Å². The van der Waals surface area contributed by atoms with Crippen molar-refractivity contribution in [3.05, 3.63) is 82.6 Å². The van der Waals surface area contributed by atoms with Crippen LogP contribution in [0.5, 0.6) is 11.6 Å². The monoisotopic (exact) mass is 537 g/mol. The standard InChI is InChI=1S/C30H31N7OS/c1-19-10-11-22-23(7-3-9-25(22)34-17-27-20(2)39-18-35-27)28(19)38-29-24(8-5-14-32-29)26-12-15-33-30(37-26)36-21-6-4-13-31-16-21/h3,5,7-12,14-15,18,21,31,34H,4,6,13,16-17H2,1-2H3,(H,33,36,37). The van der Waals surface area contributed by atoms with Gasteiger partial charge in [-0.2, -0.15) is 0 Å². The maximum Gasteiger partial charge on any atom is 0.228 e. The van der Waals surface area contributed by atoms with Crippen LogP contribution in [0.25, 0.3) is 22.0 Å². The van der Waals surface area contributed by atoms with Gasteiger partial charge in [-0.25, -0.2) is 19.9 Å². The van der Waals surface area contributed by atoms with E-state index in [4.69, 9.17) is 9.72 Å². The van der Waals surface area contributed by atoms with Crippen LogP contribution in [-0.4, -0.2) is 39.1 Å². The van der Waals surface area contributed by atoms with E-state index >= 15 is 0 Å². The van der Waals surface area contributed by atoms with E-state index < -0.39 is 0 Å². The molecule has 0 aliphatic carbocycles. The van der Waals surface area contributed by atoms with Crippen molar-refractivity contribution in [1.29, 1.82) is 0 Å². The third-order valence-corrected chi connectivity index (χ3v) is 7.83. The molecule has 1 saturated heterocycles. The maximum atomic E-state index is 6.58. The number of hydrogen-bond acceptors (Lipinski definition) is 9. The van der Waals surface area contributed by atoms with Crippen LogP contribution in [0.15, 0.2) is 66.4 Å². The summed E-state index contributed by atoms with van der Waals surface area (Å²) in [5.41, 5.74) is 6.60. The van der Waals surface area contributed by atoms with Gasteiger partial charge in [-0.1, -0.05) is 24.3 Å². The summed E-state index contributed by atoms with van der Waals surface area (Å²) >= 11 is 1.66. The minimum atomic E-state index is 0.319. The summed E-state index contributed by atoms with van der Waals surface area (Å²) < 4.78 is 6.58. The zero-order valence-electron chi connectivity index (χ0n) is 22.1. The summed E-state index contributed by atoms with van der Waals surface area (Å²) in [5.74, 6) is 1.90. The van der Waals surface area contributed by atoms with Crippen molar-refractivity contribution >= 4 is 33.7 Å². The minimum Gasteiger partial charge on any atom is -0.437 e. The van der Waals surface area contributed by atoms with Gasteiger partial charge in [0, 0.05) is 46.3 Å². The quantitative estimate of drug-likeness (QED) is 0.211. The number of aromatic nitrogens is 4. The van der Waals surface area contributed by atoms with Crippen molar-refractivity contribution in [2.75, 3.05) is 23.7 Å². The van der Waals surface area contributed by atoms with Gasteiger partial charge in [0.2, 0.25) is 11.8 Å². The van der Waals surface area contributed by atoms with E-state index in [9.17, 15) is 0 Å². The number of aryl methyl sites for hydroxylation is 2. The Hall–Kier alpha value is -4.08. The van der Waals surface area contributed by atoms with Crippen molar-refractivity contribution < 1.29 is 4.74 Å². The van der Waals surface area contributed by atoms with Gasteiger partial charge in [0.25, 0.3) is 0 Å². The molecule has 2 aromatic carbocycles. The number of ether oxygens (including phenoxy) is 1. The number of pyridine rings is 1.